The van der Waals surface area contributed by atoms with Crippen molar-refractivity contribution in [1.82, 2.24) is 29.4 Å². The first-order valence-corrected chi connectivity index (χ1v) is 9.94. The molecule has 10 heteroatoms. The van der Waals surface area contributed by atoms with Crippen molar-refractivity contribution in [3.8, 4) is 23.5 Å². The number of aromatic amines is 1. The number of imidazole rings is 1. The molecule has 154 valence electrons. The lowest BCUT2D eigenvalue weighted by atomic mass is 10.2. The van der Waals surface area contributed by atoms with Crippen molar-refractivity contribution in [3.63, 3.8) is 0 Å². The summed E-state index contributed by atoms with van der Waals surface area (Å²) in [7, 11) is 0. The van der Waals surface area contributed by atoms with E-state index in [0.717, 1.165) is 30.7 Å². The van der Waals surface area contributed by atoms with Crippen molar-refractivity contribution in [3.05, 3.63) is 35.7 Å². The molecular formula is C21H19N9O. The van der Waals surface area contributed by atoms with E-state index in [9.17, 15) is 10.5 Å². The Morgan fingerprint density at radius 2 is 1.77 bits per heavy atom. The molecule has 0 saturated carbocycles. The van der Waals surface area contributed by atoms with Crippen molar-refractivity contribution in [2.75, 3.05) is 38.6 Å². The van der Waals surface area contributed by atoms with Gasteiger partial charge in [0.15, 0.2) is 17.0 Å². The second-order valence-electron chi connectivity index (χ2n) is 7.29. The molecule has 0 bridgehead atoms. The Bertz CT molecular complexity index is 1330. The smallest absolute Gasteiger partial charge is 0.179 e. The van der Waals surface area contributed by atoms with Crippen LogP contribution in [0.5, 0.6) is 0 Å². The molecule has 3 N–H and O–H groups in total. The lowest BCUT2D eigenvalue weighted by Crippen LogP contribution is -2.38. The second kappa shape index (κ2) is 7.69. The number of hydrogen-bond donors (Lipinski definition) is 2. The molecule has 1 fully saturated rings. The van der Waals surface area contributed by atoms with Crippen LogP contribution in [0.25, 0.3) is 33.6 Å². The molecule has 5 rings (SSSR count). The summed E-state index contributed by atoms with van der Waals surface area (Å²) in [6.07, 6.45) is 0. The van der Waals surface area contributed by atoms with Crippen LogP contribution < -0.4 is 5.73 Å². The van der Waals surface area contributed by atoms with Crippen LogP contribution in [0.4, 0.5) is 5.82 Å². The SMILES string of the molecule is N#Cc1nc2c(-c3nc4ccccc4[nH]3)c(N)n(CCN3CCOCC3)c2nc1C#N. The van der Waals surface area contributed by atoms with Gasteiger partial charge in [-0.3, -0.25) is 4.90 Å². The normalized spacial score (nSPS) is 14.6. The molecule has 0 spiro atoms. The Morgan fingerprint density at radius 1 is 1.03 bits per heavy atom. The Balaban J connectivity index is 1.67. The third-order valence-corrected chi connectivity index (χ3v) is 5.50. The maximum Gasteiger partial charge on any atom is 0.179 e. The number of rotatable bonds is 4. The fraction of sp³-hybridized carbons (Fsp3) is 0.286. The maximum atomic E-state index is 9.45. The van der Waals surface area contributed by atoms with E-state index < -0.39 is 0 Å². The number of aromatic nitrogens is 5. The third-order valence-electron chi connectivity index (χ3n) is 5.50. The number of H-pyrrole nitrogens is 1. The number of anilines is 1. The van der Waals surface area contributed by atoms with E-state index in [0.29, 0.717) is 48.1 Å². The summed E-state index contributed by atoms with van der Waals surface area (Å²) >= 11 is 0. The Labute approximate surface area is 177 Å². The van der Waals surface area contributed by atoms with Crippen molar-refractivity contribution >= 4 is 28.0 Å². The fourth-order valence-corrected chi connectivity index (χ4v) is 3.91. The Hall–Kier alpha value is -3.99. The number of para-hydroxylation sites is 2. The Morgan fingerprint density at radius 3 is 2.52 bits per heavy atom. The number of nitrogens with one attached hydrogen (secondary N) is 1. The molecule has 4 heterocycles. The highest BCUT2D eigenvalue weighted by Crippen LogP contribution is 2.35. The number of fused-ring (bicyclic) bond motifs is 2. The minimum atomic E-state index is -0.0299. The first-order chi connectivity index (χ1) is 15.2. The number of nitrogens with two attached hydrogens (primary N) is 1. The first kappa shape index (κ1) is 19.0. The van der Waals surface area contributed by atoms with E-state index >= 15 is 0 Å². The molecule has 0 atom stereocenters. The number of morpholine rings is 1. The van der Waals surface area contributed by atoms with E-state index in [2.05, 4.69) is 24.8 Å². The van der Waals surface area contributed by atoms with Gasteiger partial charge in [0.2, 0.25) is 0 Å². The van der Waals surface area contributed by atoms with Crippen LogP contribution in [0.3, 0.4) is 0 Å². The summed E-state index contributed by atoms with van der Waals surface area (Å²) in [4.78, 5) is 19.1. The van der Waals surface area contributed by atoms with Crippen LogP contribution in [0, 0.1) is 22.7 Å². The molecule has 31 heavy (non-hydrogen) atoms. The zero-order valence-corrected chi connectivity index (χ0v) is 16.7. The van der Waals surface area contributed by atoms with Crippen LogP contribution >= 0.6 is 0 Å². The number of hydrogen-bond acceptors (Lipinski definition) is 8. The van der Waals surface area contributed by atoms with Crippen LogP contribution in [0.2, 0.25) is 0 Å². The number of nitrogens with zero attached hydrogens (tertiary/aromatic N) is 7. The summed E-state index contributed by atoms with van der Waals surface area (Å²) in [5.41, 5.74) is 9.71. The molecule has 0 unspecified atom stereocenters. The maximum absolute atomic E-state index is 9.45. The van der Waals surface area contributed by atoms with Gasteiger partial charge in [0.25, 0.3) is 0 Å². The zero-order valence-electron chi connectivity index (χ0n) is 16.7. The first-order valence-electron chi connectivity index (χ1n) is 9.94. The Kier molecular flexibility index (Phi) is 4.71. The third kappa shape index (κ3) is 3.24. The van der Waals surface area contributed by atoms with Crippen molar-refractivity contribution in [1.29, 1.82) is 10.5 Å². The van der Waals surface area contributed by atoms with Gasteiger partial charge in [0.05, 0.1) is 29.8 Å². The number of nitriles is 2. The molecular weight excluding hydrogens is 394 g/mol. The molecule has 3 aromatic heterocycles. The molecule has 1 aliphatic heterocycles. The fourth-order valence-electron chi connectivity index (χ4n) is 3.91. The predicted octanol–water partition coefficient (Wildman–Crippen LogP) is 1.63. The van der Waals surface area contributed by atoms with Gasteiger partial charge >= 0.3 is 0 Å². The van der Waals surface area contributed by atoms with Gasteiger partial charge in [-0.2, -0.15) is 10.5 Å². The van der Waals surface area contributed by atoms with Crippen LogP contribution in [-0.4, -0.2) is 62.3 Å². The molecule has 1 aliphatic rings. The quantitative estimate of drug-likeness (QED) is 0.513. The lowest BCUT2D eigenvalue weighted by Gasteiger charge is -2.26. The summed E-state index contributed by atoms with van der Waals surface area (Å²) in [6, 6.07) is 11.6. The van der Waals surface area contributed by atoms with Gasteiger partial charge in [0, 0.05) is 26.2 Å². The number of benzene rings is 1. The van der Waals surface area contributed by atoms with E-state index in [-0.39, 0.29) is 11.4 Å². The summed E-state index contributed by atoms with van der Waals surface area (Å²) in [6.45, 7) is 4.42. The highest BCUT2D eigenvalue weighted by molar-refractivity contribution is 5.98. The summed E-state index contributed by atoms with van der Waals surface area (Å²) in [5, 5.41) is 18.9. The van der Waals surface area contributed by atoms with Crippen molar-refractivity contribution in [2.45, 2.75) is 6.54 Å². The van der Waals surface area contributed by atoms with Gasteiger partial charge in [0.1, 0.15) is 29.3 Å². The minimum Gasteiger partial charge on any atom is -0.384 e. The highest BCUT2D eigenvalue weighted by Gasteiger charge is 2.24. The minimum absolute atomic E-state index is 0.0173. The number of ether oxygens (including phenoxy) is 1. The zero-order chi connectivity index (χ0) is 21.4. The van der Waals surface area contributed by atoms with Gasteiger partial charge in [-0.15, -0.1) is 0 Å². The van der Waals surface area contributed by atoms with Crippen LogP contribution in [-0.2, 0) is 11.3 Å². The van der Waals surface area contributed by atoms with Crippen molar-refractivity contribution in [2.24, 2.45) is 0 Å². The molecule has 10 nitrogen and oxygen atoms in total. The van der Waals surface area contributed by atoms with Crippen LogP contribution in [0.15, 0.2) is 24.3 Å². The van der Waals surface area contributed by atoms with Gasteiger partial charge in [-0.05, 0) is 12.1 Å². The summed E-state index contributed by atoms with van der Waals surface area (Å²) in [5.74, 6) is 0.998. The van der Waals surface area contributed by atoms with E-state index in [1.807, 2.05) is 41.0 Å². The molecule has 1 aromatic carbocycles. The average Bonchev–Trinajstić information content (AvgIpc) is 3.34. The monoisotopic (exact) mass is 413 g/mol. The van der Waals surface area contributed by atoms with Crippen molar-refractivity contribution < 1.29 is 4.74 Å². The van der Waals surface area contributed by atoms with Gasteiger partial charge in [-0.25, -0.2) is 15.0 Å². The molecule has 0 amide bonds. The highest BCUT2D eigenvalue weighted by atomic mass is 16.5. The molecule has 1 saturated heterocycles. The molecule has 4 aromatic rings. The van der Waals surface area contributed by atoms with E-state index in [4.69, 9.17) is 10.5 Å². The second-order valence-corrected chi connectivity index (χ2v) is 7.29. The predicted molar refractivity (Wildman–Crippen MR) is 114 cm³/mol. The van der Waals surface area contributed by atoms with Gasteiger partial charge < -0.3 is 20.0 Å². The molecule has 0 aliphatic carbocycles. The number of nitrogen functional groups attached to an aromatic ring is 1. The lowest BCUT2D eigenvalue weighted by molar-refractivity contribution is 0.0366. The van der Waals surface area contributed by atoms with Crippen LogP contribution in [0.1, 0.15) is 11.4 Å². The standard InChI is InChI=1S/C21H19N9O/c22-11-15-16(12-23)28-21-18(25-15)17(20-26-13-3-1-2-4-14(13)27-20)19(24)30(21)6-5-29-7-9-31-10-8-29/h1-4H,5-10,24H2,(H,26,27). The topological polar surface area (TPSA) is 145 Å². The summed E-state index contributed by atoms with van der Waals surface area (Å²) < 4.78 is 7.27. The van der Waals surface area contributed by atoms with E-state index in [1.54, 1.807) is 0 Å². The molecule has 0 radical (unpaired) electrons. The largest absolute Gasteiger partial charge is 0.384 e. The van der Waals surface area contributed by atoms with E-state index in [1.165, 1.54) is 0 Å². The van der Waals surface area contributed by atoms with Gasteiger partial charge in [-0.1, -0.05) is 12.1 Å². The average molecular weight is 413 g/mol.